The van der Waals surface area contributed by atoms with E-state index in [9.17, 15) is 4.79 Å². The second kappa shape index (κ2) is 7.74. The molecule has 0 heterocycles. The van der Waals surface area contributed by atoms with Crippen LogP contribution in [0.1, 0.15) is 11.1 Å². The lowest BCUT2D eigenvalue weighted by atomic mass is 10.2. The van der Waals surface area contributed by atoms with Crippen molar-refractivity contribution in [3.05, 3.63) is 64.1 Å². The van der Waals surface area contributed by atoms with Gasteiger partial charge in [0.15, 0.2) is 0 Å². The van der Waals surface area contributed by atoms with Gasteiger partial charge in [0.2, 0.25) is 5.91 Å². The SMILES string of the molecule is CN(CC(=O)Nc1cccc(C#N)c1)Cc1ccccc1Br. The first-order valence-electron chi connectivity index (χ1n) is 6.80. The van der Waals surface area contributed by atoms with E-state index in [1.165, 1.54) is 0 Å². The van der Waals surface area contributed by atoms with E-state index in [4.69, 9.17) is 5.26 Å². The van der Waals surface area contributed by atoms with Crippen LogP contribution in [0.15, 0.2) is 53.0 Å². The standard InChI is InChI=1S/C17H16BrN3O/c1-21(11-14-6-2-3-8-16(14)18)12-17(22)20-15-7-4-5-13(9-15)10-19/h2-9H,11-12H2,1H3,(H,20,22). The predicted molar refractivity (Wildman–Crippen MR) is 90.3 cm³/mol. The van der Waals surface area contributed by atoms with Crippen molar-refractivity contribution >= 4 is 27.5 Å². The van der Waals surface area contributed by atoms with E-state index >= 15 is 0 Å². The third-order valence-electron chi connectivity index (χ3n) is 3.09. The molecule has 0 bridgehead atoms. The molecule has 0 aromatic heterocycles. The molecule has 4 nitrogen and oxygen atoms in total. The van der Waals surface area contributed by atoms with Crippen molar-refractivity contribution in [2.24, 2.45) is 0 Å². The third-order valence-corrected chi connectivity index (χ3v) is 3.86. The number of nitriles is 1. The van der Waals surface area contributed by atoms with Crippen molar-refractivity contribution in [2.45, 2.75) is 6.54 Å². The van der Waals surface area contributed by atoms with Crippen LogP contribution in [0.25, 0.3) is 0 Å². The van der Waals surface area contributed by atoms with Crippen LogP contribution in [0.5, 0.6) is 0 Å². The summed E-state index contributed by atoms with van der Waals surface area (Å²) in [5.41, 5.74) is 2.29. The van der Waals surface area contributed by atoms with E-state index in [2.05, 4.69) is 27.3 Å². The van der Waals surface area contributed by atoms with E-state index in [0.29, 0.717) is 17.8 Å². The Labute approximate surface area is 138 Å². The quantitative estimate of drug-likeness (QED) is 0.892. The highest BCUT2D eigenvalue weighted by Gasteiger charge is 2.09. The van der Waals surface area contributed by atoms with Gasteiger partial charge in [-0.25, -0.2) is 0 Å². The Morgan fingerprint density at radius 3 is 2.77 bits per heavy atom. The molecule has 5 heteroatoms. The van der Waals surface area contributed by atoms with Crippen LogP contribution in [0.4, 0.5) is 5.69 Å². The fourth-order valence-electron chi connectivity index (χ4n) is 2.09. The Balaban J connectivity index is 1.91. The van der Waals surface area contributed by atoms with E-state index in [1.807, 2.05) is 36.2 Å². The summed E-state index contributed by atoms with van der Waals surface area (Å²) in [5, 5.41) is 11.7. The van der Waals surface area contributed by atoms with Gasteiger partial charge in [-0.15, -0.1) is 0 Å². The minimum absolute atomic E-state index is 0.107. The number of hydrogen-bond donors (Lipinski definition) is 1. The van der Waals surface area contributed by atoms with Crippen LogP contribution in [0, 0.1) is 11.3 Å². The second-order valence-corrected chi connectivity index (χ2v) is 5.86. The zero-order valence-corrected chi connectivity index (χ0v) is 13.8. The molecule has 2 aromatic carbocycles. The molecule has 0 aliphatic rings. The second-order valence-electron chi connectivity index (χ2n) is 5.00. The molecule has 0 fully saturated rings. The number of amides is 1. The molecule has 0 radical (unpaired) electrons. The van der Waals surface area contributed by atoms with Gasteiger partial charge in [-0.3, -0.25) is 9.69 Å². The van der Waals surface area contributed by atoms with Gasteiger partial charge >= 0.3 is 0 Å². The first-order valence-corrected chi connectivity index (χ1v) is 7.60. The minimum Gasteiger partial charge on any atom is -0.325 e. The van der Waals surface area contributed by atoms with Gasteiger partial charge in [0, 0.05) is 16.7 Å². The van der Waals surface area contributed by atoms with Crippen molar-refractivity contribution in [1.29, 1.82) is 5.26 Å². The number of anilines is 1. The average molecular weight is 358 g/mol. The molecule has 0 unspecified atom stereocenters. The molecule has 0 atom stereocenters. The third kappa shape index (κ3) is 4.69. The molecule has 0 spiro atoms. The number of carbonyl (C=O) groups is 1. The Bertz CT molecular complexity index is 709. The van der Waals surface area contributed by atoms with E-state index in [-0.39, 0.29) is 12.5 Å². The monoisotopic (exact) mass is 357 g/mol. The molecular formula is C17H16BrN3O. The molecular weight excluding hydrogens is 342 g/mol. The zero-order chi connectivity index (χ0) is 15.9. The number of hydrogen-bond acceptors (Lipinski definition) is 3. The molecule has 1 N–H and O–H groups in total. The van der Waals surface area contributed by atoms with Crippen LogP contribution < -0.4 is 5.32 Å². The molecule has 1 amide bonds. The zero-order valence-electron chi connectivity index (χ0n) is 12.2. The van der Waals surface area contributed by atoms with Crippen molar-refractivity contribution in [3.63, 3.8) is 0 Å². The van der Waals surface area contributed by atoms with Gasteiger partial charge in [-0.2, -0.15) is 5.26 Å². The van der Waals surface area contributed by atoms with Crippen LogP contribution in [0.2, 0.25) is 0 Å². The summed E-state index contributed by atoms with van der Waals surface area (Å²) >= 11 is 3.50. The Morgan fingerprint density at radius 2 is 2.05 bits per heavy atom. The van der Waals surface area contributed by atoms with Gasteiger partial charge in [-0.05, 0) is 36.9 Å². The van der Waals surface area contributed by atoms with Crippen LogP contribution in [0.3, 0.4) is 0 Å². The fraction of sp³-hybridized carbons (Fsp3) is 0.176. The van der Waals surface area contributed by atoms with Crippen molar-refractivity contribution in [2.75, 3.05) is 18.9 Å². The number of carbonyl (C=O) groups excluding carboxylic acids is 1. The van der Waals surface area contributed by atoms with Crippen LogP contribution in [-0.2, 0) is 11.3 Å². The summed E-state index contributed by atoms with van der Waals surface area (Å²) in [6.07, 6.45) is 0. The Kier molecular flexibility index (Phi) is 5.70. The van der Waals surface area contributed by atoms with E-state index in [0.717, 1.165) is 10.0 Å². The number of rotatable bonds is 5. The number of likely N-dealkylation sites (N-methyl/N-ethyl adjacent to an activating group) is 1. The van der Waals surface area contributed by atoms with Gasteiger partial charge < -0.3 is 5.32 Å². The summed E-state index contributed by atoms with van der Waals surface area (Å²) in [5.74, 6) is -0.107. The molecule has 0 aliphatic carbocycles. The molecule has 0 saturated heterocycles. The highest BCUT2D eigenvalue weighted by atomic mass is 79.9. The maximum atomic E-state index is 12.1. The first-order chi connectivity index (χ1) is 10.6. The lowest BCUT2D eigenvalue weighted by molar-refractivity contribution is -0.117. The lowest BCUT2D eigenvalue weighted by Crippen LogP contribution is -2.29. The maximum absolute atomic E-state index is 12.1. The van der Waals surface area contributed by atoms with Gasteiger partial charge in [0.05, 0.1) is 18.2 Å². The normalized spacial score (nSPS) is 10.3. The van der Waals surface area contributed by atoms with Gasteiger partial charge in [-0.1, -0.05) is 40.2 Å². The molecule has 112 valence electrons. The Hall–Kier alpha value is -2.16. The van der Waals surface area contributed by atoms with Gasteiger partial charge in [0.1, 0.15) is 0 Å². The van der Waals surface area contributed by atoms with Crippen molar-refractivity contribution in [3.8, 4) is 6.07 Å². The van der Waals surface area contributed by atoms with Crippen LogP contribution in [-0.4, -0.2) is 24.4 Å². The van der Waals surface area contributed by atoms with E-state index in [1.54, 1.807) is 24.3 Å². The summed E-state index contributed by atoms with van der Waals surface area (Å²) in [6.45, 7) is 0.950. The summed E-state index contributed by atoms with van der Waals surface area (Å²) in [6, 6.07) is 16.9. The first kappa shape index (κ1) is 16.2. The van der Waals surface area contributed by atoms with Crippen molar-refractivity contribution < 1.29 is 4.79 Å². The Morgan fingerprint density at radius 1 is 1.27 bits per heavy atom. The topological polar surface area (TPSA) is 56.1 Å². The number of nitrogens with zero attached hydrogens (tertiary/aromatic N) is 2. The smallest absolute Gasteiger partial charge is 0.238 e. The minimum atomic E-state index is -0.107. The molecule has 2 rings (SSSR count). The summed E-state index contributed by atoms with van der Waals surface area (Å²) in [7, 11) is 1.89. The predicted octanol–water partition coefficient (Wildman–Crippen LogP) is 3.39. The summed E-state index contributed by atoms with van der Waals surface area (Å²) in [4.78, 5) is 14.0. The highest BCUT2D eigenvalue weighted by Crippen LogP contribution is 2.17. The number of benzene rings is 2. The molecule has 2 aromatic rings. The largest absolute Gasteiger partial charge is 0.325 e. The maximum Gasteiger partial charge on any atom is 0.238 e. The fourth-order valence-corrected chi connectivity index (χ4v) is 2.50. The number of nitrogens with one attached hydrogen (secondary N) is 1. The van der Waals surface area contributed by atoms with Gasteiger partial charge in [0.25, 0.3) is 0 Å². The summed E-state index contributed by atoms with van der Waals surface area (Å²) < 4.78 is 1.03. The van der Waals surface area contributed by atoms with Crippen LogP contribution >= 0.6 is 15.9 Å². The van der Waals surface area contributed by atoms with E-state index < -0.39 is 0 Å². The molecule has 22 heavy (non-hydrogen) atoms. The molecule has 0 aliphatic heterocycles. The molecule has 0 saturated carbocycles. The lowest BCUT2D eigenvalue weighted by Gasteiger charge is -2.17. The highest BCUT2D eigenvalue weighted by molar-refractivity contribution is 9.10. The van der Waals surface area contributed by atoms with Crippen molar-refractivity contribution in [1.82, 2.24) is 4.90 Å². The average Bonchev–Trinajstić information content (AvgIpc) is 2.49. The number of halogens is 1.